The second-order valence-electron chi connectivity index (χ2n) is 6.04. The van der Waals surface area contributed by atoms with Gasteiger partial charge in [0, 0.05) is 13.1 Å². The van der Waals surface area contributed by atoms with Gasteiger partial charge in [0.05, 0.1) is 25.9 Å². The summed E-state index contributed by atoms with van der Waals surface area (Å²) in [7, 11) is 0. The Morgan fingerprint density at radius 3 is 2.26 bits per heavy atom. The van der Waals surface area contributed by atoms with Crippen molar-refractivity contribution >= 4 is 29.9 Å². The van der Waals surface area contributed by atoms with Crippen LogP contribution in [0.4, 0.5) is 0 Å². The van der Waals surface area contributed by atoms with Crippen LogP contribution in [-0.2, 0) is 17.8 Å². The molecule has 1 unspecified atom stereocenters. The first-order valence-electron chi connectivity index (χ1n) is 9.13. The Kier molecular flexibility index (Phi) is 12.5. The third-order valence-corrected chi connectivity index (χ3v) is 3.78. The predicted octanol–water partition coefficient (Wildman–Crippen LogP) is 2.98. The van der Waals surface area contributed by atoms with Crippen LogP contribution in [0.15, 0.2) is 65.7 Å². The summed E-state index contributed by atoms with van der Waals surface area (Å²) in [5, 5.41) is 16.5. The number of aliphatic hydroxyl groups excluding tert-OH is 1. The summed E-state index contributed by atoms with van der Waals surface area (Å²) < 4.78 is 5.55. The van der Waals surface area contributed by atoms with Crippen LogP contribution in [0, 0.1) is 0 Å². The molecule has 148 valence electrons. The number of rotatable bonds is 10. The van der Waals surface area contributed by atoms with E-state index in [0.29, 0.717) is 19.1 Å². The van der Waals surface area contributed by atoms with Crippen molar-refractivity contribution in [2.24, 2.45) is 4.99 Å². The van der Waals surface area contributed by atoms with E-state index in [1.807, 2.05) is 55.5 Å². The van der Waals surface area contributed by atoms with Gasteiger partial charge in [-0.05, 0) is 24.5 Å². The van der Waals surface area contributed by atoms with E-state index in [-0.39, 0.29) is 30.6 Å². The minimum atomic E-state index is -0.622. The highest BCUT2D eigenvalue weighted by Gasteiger charge is 2.05. The van der Waals surface area contributed by atoms with Crippen molar-refractivity contribution in [2.75, 3.05) is 26.2 Å². The first-order valence-corrected chi connectivity index (χ1v) is 9.13. The van der Waals surface area contributed by atoms with E-state index in [1.165, 1.54) is 5.56 Å². The Labute approximate surface area is 179 Å². The molecule has 3 N–H and O–H groups in total. The van der Waals surface area contributed by atoms with Gasteiger partial charge in [-0.3, -0.25) is 4.99 Å². The largest absolute Gasteiger partial charge is 0.389 e. The van der Waals surface area contributed by atoms with Crippen molar-refractivity contribution < 1.29 is 9.84 Å². The zero-order valence-electron chi connectivity index (χ0n) is 15.8. The standard InChI is InChI=1S/C21H29N3O2.HI/c1-2-22-21(23-14-13-18-9-5-3-6-10-18)24-15-20(25)17-26-16-19-11-7-4-8-12-19;/h3-12,20,25H,2,13-17H2,1H3,(H2,22,23,24);1H. The summed E-state index contributed by atoms with van der Waals surface area (Å²) in [6.07, 6.45) is 0.303. The van der Waals surface area contributed by atoms with Crippen molar-refractivity contribution in [1.82, 2.24) is 10.6 Å². The lowest BCUT2D eigenvalue weighted by molar-refractivity contribution is 0.0331. The van der Waals surface area contributed by atoms with E-state index in [2.05, 4.69) is 27.8 Å². The van der Waals surface area contributed by atoms with Gasteiger partial charge in [0.2, 0.25) is 0 Å². The molecule has 0 radical (unpaired) electrons. The fourth-order valence-corrected chi connectivity index (χ4v) is 2.45. The summed E-state index contributed by atoms with van der Waals surface area (Å²) in [5.41, 5.74) is 2.38. The SMILES string of the molecule is CCNC(=NCC(O)COCc1ccccc1)NCCc1ccccc1.I. The molecule has 0 aromatic heterocycles. The number of aliphatic hydroxyl groups is 1. The van der Waals surface area contributed by atoms with Gasteiger partial charge in [0.1, 0.15) is 0 Å². The lowest BCUT2D eigenvalue weighted by atomic mass is 10.1. The fourth-order valence-electron chi connectivity index (χ4n) is 2.45. The monoisotopic (exact) mass is 483 g/mol. The molecular weight excluding hydrogens is 453 g/mol. The Balaban J connectivity index is 0.00000364. The van der Waals surface area contributed by atoms with Gasteiger partial charge >= 0.3 is 0 Å². The molecule has 5 nitrogen and oxygen atoms in total. The Hall–Kier alpha value is -1.64. The van der Waals surface area contributed by atoms with E-state index < -0.39 is 6.10 Å². The molecule has 0 saturated carbocycles. The van der Waals surface area contributed by atoms with Crippen LogP contribution in [-0.4, -0.2) is 43.4 Å². The number of nitrogens with zero attached hydrogens (tertiary/aromatic N) is 1. The van der Waals surface area contributed by atoms with Gasteiger partial charge in [-0.1, -0.05) is 60.7 Å². The molecule has 0 spiro atoms. The van der Waals surface area contributed by atoms with Gasteiger partial charge < -0.3 is 20.5 Å². The normalized spacial score (nSPS) is 12.1. The maximum atomic E-state index is 10.1. The van der Waals surface area contributed by atoms with Crippen LogP contribution in [0.2, 0.25) is 0 Å². The number of halogens is 1. The maximum absolute atomic E-state index is 10.1. The van der Waals surface area contributed by atoms with Gasteiger partial charge in [-0.25, -0.2) is 0 Å². The Bertz CT molecular complexity index is 638. The average Bonchev–Trinajstić information content (AvgIpc) is 2.68. The van der Waals surface area contributed by atoms with Crippen molar-refractivity contribution in [1.29, 1.82) is 0 Å². The molecule has 0 amide bonds. The molecule has 1 atom stereocenters. The van der Waals surface area contributed by atoms with Gasteiger partial charge in [-0.2, -0.15) is 0 Å². The van der Waals surface area contributed by atoms with Crippen molar-refractivity contribution in [3.05, 3.63) is 71.8 Å². The molecule has 6 heteroatoms. The van der Waals surface area contributed by atoms with Crippen molar-refractivity contribution in [2.45, 2.75) is 26.1 Å². The third kappa shape index (κ3) is 10.3. The number of guanidine groups is 1. The van der Waals surface area contributed by atoms with Crippen LogP contribution >= 0.6 is 24.0 Å². The number of benzene rings is 2. The minimum Gasteiger partial charge on any atom is -0.389 e. The summed E-state index contributed by atoms with van der Waals surface area (Å²) in [6.45, 7) is 4.65. The zero-order chi connectivity index (χ0) is 18.5. The Morgan fingerprint density at radius 1 is 1.00 bits per heavy atom. The number of hydrogen-bond acceptors (Lipinski definition) is 3. The molecule has 2 aromatic rings. The van der Waals surface area contributed by atoms with Crippen LogP contribution < -0.4 is 10.6 Å². The van der Waals surface area contributed by atoms with Crippen LogP contribution in [0.5, 0.6) is 0 Å². The molecule has 0 fully saturated rings. The van der Waals surface area contributed by atoms with Crippen LogP contribution in [0.3, 0.4) is 0 Å². The molecule has 0 aliphatic carbocycles. The number of nitrogens with one attached hydrogen (secondary N) is 2. The predicted molar refractivity (Wildman–Crippen MR) is 122 cm³/mol. The molecule has 0 aliphatic heterocycles. The second kappa shape index (κ2) is 14.4. The topological polar surface area (TPSA) is 65.9 Å². The minimum absolute atomic E-state index is 0. The second-order valence-corrected chi connectivity index (χ2v) is 6.04. The summed E-state index contributed by atoms with van der Waals surface area (Å²) in [6, 6.07) is 20.3. The molecule has 0 aliphatic rings. The molecular formula is C21H30IN3O2. The number of aliphatic imine (C=N–C) groups is 1. The van der Waals surface area contributed by atoms with Gasteiger partial charge in [0.15, 0.2) is 5.96 Å². The van der Waals surface area contributed by atoms with Gasteiger partial charge in [-0.15, -0.1) is 24.0 Å². The summed E-state index contributed by atoms with van der Waals surface area (Å²) in [4.78, 5) is 4.43. The molecule has 0 bridgehead atoms. The first-order chi connectivity index (χ1) is 12.8. The van der Waals surface area contributed by atoms with Crippen LogP contribution in [0.1, 0.15) is 18.1 Å². The van der Waals surface area contributed by atoms with E-state index in [9.17, 15) is 5.11 Å². The van der Waals surface area contributed by atoms with E-state index in [0.717, 1.165) is 25.1 Å². The van der Waals surface area contributed by atoms with Crippen LogP contribution in [0.25, 0.3) is 0 Å². The highest BCUT2D eigenvalue weighted by molar-refractivity contribution is 14.0. The molecule has 2 aromatic carbocycles. The fraction of sp³-hybridized carbons (Fsp3) is 0.381. The lowest BCUT2D eigenvalue weighted by Crippen LogP contribution is -2.39. The van der Waals surface area contributed by atoms with Crippen molar-refractivity contribution in [3.8, 4) is 0 Å². The summed E-state index contributed by atoms with van der Waals surface area (Å²) in [5.74, 6) is 0.713. The third-order valence-electron chi connectivity index (χ3n) is 3.78. The summed E-state index contributed by atoms with van der Waals surface area (Å²) >= 11 is 0. The maximum Gasteiger partial charge on any atom is 0.191 e. The smallest absolute Gasteiger partial charge is 0.191 e. The first kappa shape index (κ1) is 23.4. The van der Waals surface area contributed by atoms with E-state index in [4.69, 9.17) is 4.74 Å². The zero-order valence-corrected chi connectivity index (χ0v) is 18.1. The lowest BCUT2D eigenvalue weighted by Gasteiger charge is -2.13. The molecule has 0 saturated heterocycles. The number of ether oxygens (including phenoxy) is 1. The molecule has 0 heterocycles. The van der Waals surface area contributed by atoms with Gasteiger partial charge in [0.25, 0.3) is 0 Å². The Morgan fingerprint density at radius 2 is 1.63 bits per heavy atom. The van der Waals surface area contributed by atoms with E-state index in [1.54, 1.807) is 0 Å². The molecule has 2 rings (SSSR count). The highest BCUT2D eigenvalue weighted by atomic mass is 127. The quantitative estimate of drug-likeness (QED) is 0.276. The highest BCUT2D eigenvalue weighted by Crippen LogP contribution is 2.01. The average molecular weight is 483 g/mol. The number of hydrogen-bond donors (Lipinski definition) is 3. The van der Waals surface area contributed by atoms with E-state index >= 15 is 0 Å². The molecule has 27 heavy (non-hydrogen) atoms. The van der Waals surface area contributed by atoms with Crippen molar-refractivity contribution in [3.63, 3.8) is 0 Å².